The van der Waals surface area contributed by atoms with Gasteiger partial charge in [0, 0.05) is 6.04 Å². The van der Waals surface area contributed by atoms with Crippen molar-refractivity contribution < 1.29 is 4.79 Å². The van der Waals surface area contributed by atoms with Crippen molar-refractivity contribution in [1.82, 2.24) is 5.32 Å². The van der Waals surface area contributed by atoms with Crippen LogP contribution in [0.25, 0.3) is 0 Å². The van der Waals surface area contributed by atoms with Crippen LogP contribution in [-0.2, 0) is 4.79 Å². The average Bonchev–Trinajstić information content (AvgIpc) is 2.27. The van der Waals surface area contributed by atoms with Crippen LogP contribution >= 0.6 is 0 Å². The van der Waals surface area contributed by atoms with Gasteiger partial charge < -0.3 is 11.1 Å². The van der Waals surface area contributed by atoms with Gasteiger partial charge in [0.25, 0.3) is 0 Å². The summed E-state index contributed by atoms with van der Waals surface area (Å²) in [6.45, 7) is 8.12. The largest absolute Gasteiger partial charge is 0.352 e. The summed E-state index contributed by atoms with van der Waals surface area (Å²) in [6.07, 6.45) is 6.43. The number of hydrogen-bond donors (Lipinski definition) is 2. The number of carbonyl (C=O) groups is 1. The Morgan fingerprint density at radius 1 is 1.24 bits per heavy atom. The third kappa shape index (κ3) is 4.30. The van der Waals surface area contributed by atoms with E-state index in [-0.39, 0.29) is 17.4 Å². The molecule has 2 atom stereocenters. The van der Waals surface area contributed by atoms with Crippen LogP contribution in [-0.4, -0.2) is 18.0 Å². The lowest BCUT2D eigenvalue weighted by atomic mass is 9.83. The Kier molecular flexibility index (Phi) is 4.99. The second-order valence-corrected chi connectivity index (χ2v) is 6.54. The summed E-state index contributed by atoms with van der Waals surface area (Å²) in [4.78, 5) is 12.0. The van der Waals surface area contributed by atoms with Crippen molar-refractivity contribution >= 4 is 5.91 Å². The summed E-state index contributed by atoms with van der Waals surface area (Å²) in [7, 11) is 0. The number of nitrogens with two attached hydrogens (primary N) is 1. The number of carbonyl (C=O) groups excluding carboxylic acids is 1. The first kappa shape index (κ1) is 14.5. The van der Waals surface area contributed by atoms with Gasteiger partial charge in [-0.15, -0.1) is 0 Å². The first-order valence-corrected chi connectivity index (χ1v) is 6.88. The topological polar surface area (TPSA) is 55.1 Å². The van der Waals surface area contributed by atoms with E-state index in [1.54, 1.807) is 0 Å². The van der Waals surface area contributed by atoms with E-state index in [0.29, 0.717) is 5.92 Å². The van der Waals surface area contributed by atoms with Crippen molar-refractivity contribution in [3.05, 3.63) is 0 Å². The molecule has 0 aromatic rings. The van der Waals surface area contributed by atoms with Crippen LogP contribution in [0.15, 0.2) is 0 Å². The van der Waals surface area contributed by atoms with Crippen molar-refractivity contribution in [2.75, 3.05) is 0 Å². The zero-order chi connectivity index (χ0) is 13.1. The molecule has 0 aromatic heterocycles. The van der Waals surface area contributed by atoms with Gasteiger partial charge in [-0.3, -0.25) is 4.79 Å². The van der Waals surface area contributed by atoms with Gasteiger partial charge >= 0.3 is 0 Å². The molecule has 3 heteroatoms. The Bertz CT molecular complexity index is 251. The SMILES string of the molecule is CC(NC(=O)C(N)C(C)(C)C)C1CCCCC1. The fraction of sp³-hybridized carbons (Fsp3) is 0.929. The molecule has 0 spiro atoms. The minimum Gasteiger partial charge on any atom is -0.352 e. The molecule has 1 fully saturated rings. The lowest BCUT2D eigenvalue weighted by Gasteiger charge is -2.31. The Labute approximate surface area is 106 Å². The molecule has 1 aliphatic carbocycles. The van der Waals surface area contributed by atoms with Crippen molar-refractivity contribution in [1.29, 1.82) is 0 Å². The molecule has 100 valence electrons. The van der Waals surface area contributed by atoms with Crippen LogP contribution in [0, 0.1) is 11.3 Å². The van der Waals surface area contributed by atoms with Gasteiger partial charge in [-0.1, -0.05) is 40.0 Å². The average molecular weight is 240 g/mol. The van der Waals surface area contributed by atoms with Crippen LogP contribution in [0.3, 0.4) is 0 Å². The Balaban J connectivity index is 2.44. The molecule has 2 unspecified atom stereocenters. The van der Waals surface area contributed by atoms with E-state index in [1.165, 1.54) is 32.1 Å². The Morgan fingerprint density at radius 2 is 1.76 bits per heavy atom. The van der Waals surface area contributed by atoms with E-state index < -0.39 is 6.04 Å². The van der Waals surface area contributed by atoms with Gasteiger partial charge in [-0.25, -0.2) is 0 Å². The van der Waals surface area contributed by atoms with E-state index in [1.807, 2.05) is 20.8 Å². The van der Waals surface area contributed by atoms with Crippen molar-refractivity contribution in [2.24, 2.45) is 17.1 Å². The minimum absolute atomic E-state index is 0.00410. The lowest BCUT2D eigenvalue weighted by Crippen LogP contribution is -2.52. The first-order chi connectivity index (χ1) is 7.82. The van der Waals surface area contributed by atoms with Gasteiger partial charge in [0.05, 0.1) is 6.04 Å². The quantitative estimate of drug-likeness (QED) is 0.796. The van der Waals surface area contributed by atoms with Gasteiger partial charge in [-0.05, 0) is 31.1 Å². The van der Waals surface area contributed by atoms with E-state index in [0.717, 1.165) is 0 Å². The zero-order valence-corrected chi connectivity index (χ0v) is 11.8. The normalized spacial score (nSPS) is 21.9. The summed E-state index contributed by atoms with van der Waals surface area (Å²) < 4.78 is 0. The molecule has 0 heterocycles. The highest BCUT2D eigenvalue weighted by atomic mass is 16.2. The van der Waals surface area contributed by atoms with Gasteiger partial charge in [0.2, 0.25) is 5.91 Å². The highest BCUT2D eigenvalue weighted by Crippen LogP contribution is 2.26. The second kappa shape index (κ2) is 5.85. The highest BCUT2D eigenvalue weighted by Gasteiger charge is 2.29. The van der Waals surface area contributed by atoms with Gasteiger partial charge in [-0.2, -0.15) is 0 Å². The first-order valence-electron chi connectivity index (χ1n) is 6.88. The molecule has 0 bridgehead atoms. The summed E-state index contributed by atoms with van der Waals surface area (Å²) in [5, 5.41) is 3.09. The van der Waals surface area contributed by atoms with Crippen LogP contribution in [0.1, 0.15) is 59.8 Å². The Morgan fingerprint density at radius 3 is 2.24 bits per heavy atom. The molecular formula is C14H28N2O. The van der Waals surface area contributed by atoms with E-state index in [9.17, 15) is 4.79 Å². The molecule has 0 radical (unpaired) electrons. The molecule has 1 rings (SSSR count). The summed E-state index contributed by atoms with van der Waals surface area (Å²) in [6, 6.07) is -0.162. The van der Waals surface area contributed by atoms with Crippen LogP contribution in [0.4, 0.5) is 0 Å². The molecule has 1 saturated carbocycles. The van der Waals surface area contributed by atoms with Crippen LogP contribution < -0.4 is 11.1 Å². The van der Waals surface area contributed by atoms with E-state index in [2.05, 4.69) is 12.2 Å². The predicted molar refractivity (Wildman–Crippen MR) is 71.6 cm³/mol. The number of rotatable bonds is 3. The third-order valence-electron chi connectivity index (χ3n) is 3.94. The van der Waals surface area contributed by atoms with Crippen molar-refractivity contribution in [3.8, 4) is 0 Å². The summed E-state index contributed by atoms with van der Waals surface area (Å²) in [5.41, 5.74) is 5.79. The maximum absolute atomic E-state index is 12.0. The van der Waals surface area contributed by atoms with Gasteiger partial charge in [0.1, 0.15) is 0 Å². The van der Waals surface area contributed by atoms with Crippen molar-refractivity contribution in [2.45, 2.75) is 71.9 Å². The number of amides is 1. The molecule has 3 N–H and O–H groups in total. The second-order valence-electron chi connectivity index (χ2n) is 6.54. The van der Waals surface area contributed by atoms with Gasteiger partial charge in [0.15, 0.2) is 0 Å². The molecule has 3 nitrogen and oxygen atoms in total. The molecular weight excluding hydrogens is 212 g/mol. The molecule has 1 aliphatic rings. The van der Waals surface area contributed by atoms with Crippen LogP contribution in [0.2, 0.25) is 0 Å². The summed E-state index contributed by atoms with van der Waals surface area (Å²) in [5.74, 6) is 0.635. The fourth-order valence-electron chi connectivity index (χ4n) is 2.46. The molecule has 0 saturated heterocycles. The Hall–Kier alpha value is -0.570. The molecule has 0 aliphatic heterocycles. The summed E-state index contributed by atoms with van der Waals surface area (Å²) >= 11 is 0. The maximum atomic E-state index is 12.0. The zero-order valence-electron chi connectivity index (χ0n) is 11.8. The maximum Gasteiger partial charge on any atom is 0.237 e. The molecule has 17 heavy (non-hydrogen) atoms. The minimum atomic E-state index is -0.423. The standard InChI is InChI=1S/C14H28N2O/c1-10(11-8-6-5-7-9-11)16-13(17)12(15)14(2,3)4/h10-12H,5-9,15H2,1-4H3,(H,16,17). The third-order valence-corrected chi connectivity index (χ3v) is 3.94. The molecule has 1 amide bonds. The van der Waals surface area contributed by atoms with E-state index >= 15 is 0 Å². The predicted octanol–water partition coefficient (Wildman–Crippen LogP) is 2.44. The van der Waals surface area contributed by atoms with Crippen molar-refractivity contribution in [3.63, 3.8) is 0 Å². The monoisotopic (exact) mass is 240 g/mol. The smallest absolute Gasteiger partial charge is 0.237 e. The van der Waals surface area contributed by atoms with E-state index in [4.69, 9.17) is 5.73 Å². The fourth-order valence-corrected chi connectivity index (χ4v) is 2.46. The molecule has 0 aromatic carbocycles. The van der Waals surface area contributed by atoms with Crippen LogP contribution in [0.5, 0.6) is 0 Å². The lowest BCUT2D eigenvalue weighted by molar-refractivity contribution is -0.125. The number of hydrogen-bond acceptors (Lipinski definition) is 2. The number of nitrogens with one attached hydrogen (secondary N) is 1. The highest BCUT2D eigenvalue weighted by molar-refractivity contribution is 5.82.